The minimum absolute atomic E-state index is 0.167. The molecule has 0 unspecified atom stereocenters. The van der Waals surface area contributed by atoms with Crippen molar-refractivity contribution >= 4 is 5.91 Å². The fourth-order valence-corrected chi connectivity index (χ4v) is 3.09. The number of hydrogen-bond donors (Lipinski definition) is 0. The van der Waals surface area contributed by atoms with Gasteiger partial charge >= 0.3 is 0 Å². The summed E-state index contributed by atoms with van der Waals surface area (Å²) in [7, 11) is 0. The van der Waals surface area contributed by atoms with Gasteiger partial charge in [-0.15, -0.1) is 0 Å². The maximum atomic E-state index is 12.5. The van der Waals surface area contributed by atoms with Gasteiger partial charge in [-0.2, -0.15) is 0 Å². The first kappa shape index (κ1) is 13.5. The number of amides is 1. The molecule has 2 fully saturated rings. The van der Waals surface area contributed by atoms with Crippen molar-refractivity contribution in [2.24, 2.45) is 0 Å². The molecular weight excluding hydrogens is 250 g/mol. The summed E-state index contributed by atoms with van der Waals surface area (Å²) >= 11 is 0. The molecule has 2 aliphatic rings. The molecule has 0 spiro atoms. The molecule has 3 heteroatoms. The van der Waals surface area contributed by atoms with Gasteiger partial charge in [-0.1, -0.05) is 30.5 Å². The molecule has 20 heavy (non-hydrogen) atoms. The van der Waals surface area contributed by atoms with Crippen LogP contribution in [-0.4, -0.2) is 29.5 Å². The number of benzene rings is 1. The highest BCUT2D eigenvalue weighted by Gasteiger charge is 2.38. The molecule has 0 bridgehead atoms. The van der Waals surface area contributed by atoms with Gasteiger partial charge in [-0.3, -0.25) is 4.79 Å². The number of nitrogens with zero attached hydrogens (tertiary/aromatic N) is 1. The summed E-state index contributed by atoms with van der Waals surface area (Å²) in [6, 6.07) is 8.84. The zero-order valence-corrected chi connectivity index (χ0v) is 12.2. The maximum absolute atomic E-state index is 12.5. The highest BCUT2D eigenvalue weighted by molar-refractivity contribution is 5.78. The Kier molecular flexibility index (Phi) is 3.95. The van der Waals surface area contributed by atoms with E-state index in [0.29, 0.717) is 12.1 Å². The van der Waals surface area contributed by atoms with Gasteiger partial charge in [0.15, 0.2) is 6.61 Å². The molecule has 3 nitrogen and oxygen atoms in total. The van der Waals surface area contributed by atoms with Crippen molar-refractivity contribution in [2.75, 3.05) is 6.61 Å². The van der Waals surface area contributed by atoms with E-state index in [1.165, 1.54) is 44.1 Å². The largest absolute Gasteiger partial charge is 0.484 e. The quantitative estimate of drug-likeness (QED) is 0.823. The lowest BCUT2D eigenvalue weighted by Crippen LogP contribution is -2.43. The van der Waals surface area contributed by atoms with Crippen LogP contribution in [0, 0.1) is 6.92 Å². The Balaban J connectivity index is 1.57. The normalized spacial score (nSPS) is 19.1. The summed E-state index contributed by atoms with van der Waals surface area (Å²) in [5.74, 6) is 0.950. The Morgan fingerprint density at radius 3 is 2.30 bits per heavy atom. The lowest BCUT2D eigenvalue weighted by molar-refractivity contribution is -0.136. The van der Waals surface area contributed by atoms with Crippen molar-refractivity contribution in [3.05, 3.63) is 29.8 Å². The van der Waals surface area contributed by atoms with E-state index in [1.54, 1.807) is 0 Å². The maximum Gasteiger partial charge on any atom is 0.261 e. The first-order chi connectivity index (χ1) is 9.74. The van der Waals surface area contributed by atoms with Crippen LogP contribution in [0.4, 0.5) is 0 Å². The molecule has 1 aromatic rings. The van der Waals surface area contributed by atoms with Crippen LogP contribution in [0.25, 0.3) is 0 Å². The third-order valence-electron chi connectivity index (χ3n) is 4.33. The minimum atomic E-state index is 0.167. The highest BCUT2D eigenvalue weighted by Crippen LogP contribution is 2.34. The molecule has 1 amide bonds. The van der Waals surface area contributed by atoms with Gasteiger partial charge < -0.3 is 9.64 Å². The average molecular weight is 273 g/mol. The fourth-order valence-electron chi connectivity index (χ4n) is 3.09. The summed E-state index contributed by atoms with van der Waals surface area (Å²) in [5, 5.41) is 0. The molecule has 0 saturated heterocycles. The van der Waals surface area contributed by atoms with Gasteiger partial charge in [0.1, 0.15) is 5.75 Å². The van der Waals surface area contributed by atoms with Crippen molar-refractivity contribution < 1.29 is 9.53 Å². The highest BCUT2D eigenvalue weighted by atomic mass is 16.5. The predicted octanol–water partition coefficient (Wildman–Crippen LogP) is 3.31. The van der Waals surface area contributed by atoms with Gasteiger partial charge in [0, 0.05) is 12.1 Å². The predicted molar refractivity (Wildman–Crippen MR) is 78.8 cm³/mol. The molecule has 2 saturated carbocycles. The Bertz CT molecular complexity index is 458. The monoisotopic (exact) mass is 273 g/mol. The van der Waals surface area contributed by atoms with Crippen molar-refractivity contribution in [1.82, 2.24) is 4.90 Å². The van der Waals surface area contributed by atoms with Gasteiger partial charge in [0.25, 0.3) is 5.91 Å². The van der Waals surface area contributed by atoms with Crippen LogP contribution in [0.3, 0.4) is 0 Å². The molecule has 0 atom stereocenters. The van der Waals surface area contributed by atoms with Gasteiger partial charge in [-0.25, -0.2) is 0 Å². The van der Waals surface area contributed by atoms with Crippen LogP contribution in [0.1, 0.15) is 44.1 Å². The SMILES string of the molecule is Cc1ccc(OCC(=O)N(C2CCCC2)C2CC2)cc1. The fraction of sp³-hybridized carbons (Fsp3) is 0.588. The summed E-state index contributed by atoms with van der Waals surface area (Å²) in [6.45, 7) is 2.22. The van der Waals surface area contributed by atoms with E-state index in [-0.39, 0.29) is 12.5 Å². The molecule has 108 valence electrons. The molecule has 3 rings (SSSR count). The van der Waals surface area contributed by atoms with Crippen molar-refractivity contribution in [3.63, 3.8) is 0 Å². The van der Waals surface area contributed by atoms with Crippen LogP contribution in [-0.2, 0) is 4.79 Å². The molecule has 0 N–H and O–H groups in total. The second-order valence-electron chi connectivity index (χ2n) is 6.07. The first-order valence-corrected chi connectivity index (χ1v) is 7.74. The number of carbonyl (C=O) groups excluding carboxylic acids is 1. The van der Waals surface area contributed by atoms with E-state index in [2.05, 4.69) is 4.90 Å². The smallest absolute Gasteiger partial charge is 0.261 e. The first-order valence-electron chi connectivity index (χ1n) is 7.74. The number of aryl methyl sites for hydroxylation is 1. The third kappa shape index (κ3) is 3.14. The molecule has 0 heterocycles. The number of hydrogen-bond acceptors (Lipinski definition) is 2. The number of rotatable bonds is 5. The van der Waals surface area contributed by atoms with Gasteiger partial charge in [0.05, 0.1) is 0 Å². The molecule has 1 aromatic carbocycles. The molecule has 0 radical (unpaired) electrons. The number of ether oxygens (including phenoxy) is 1. The Morgan fingerprint density at radius 1 is 1.10 bits per heavy atom. The van der Waals surface area contributed by atoms with E-state index in [4.69, 9.17) is 4.74 Å². The standard InChI is InChI=1S/C17H23NO2/c1-13-6-10-16(11-7-13)20-12-17(19)18(15-8-9-15)14-4-2-3-5-14/h6-7,10-11,14-15H,2-5,8-9,12H2,1H3. The average Bonchev–Trinajstić information content (AvgIpc) is 3.13. The van der Waals surface area contributed by atoms with Gasteiger partial charge in [0.2, 0.25) is 0 Å². The van der Waals surface area contributed by atoms with E-state index < -0.39 is 0 Å². The molecular formula is C17H23NO2. The molecule has 0 aliphatic heterocycles. The Morgan fingerprint density at radius 2 is 1.70 bits per heavy atom. The Labute approximate surface area is 120 Å². The van der Waals surface area contributed by atoms with Crippen LogP contribution >= 0.6 is 0 Å². The zero-order valence-electron chi connectivity index (χ0n) is 12.2. The lowest BCUT2D eigenvalue weighted by Gasteiger charge is -2.29. The second-order valence-corrected chi connectivity index (χ2v) is 6.07. The van der Waals surface area contributed by atoms with E-state index in [1.807, 2.05) is 31.2 Å². The second kappa shape index (κ2) is 5.86. The zero-order chi connectivity index (χ0) is 13.9. The van der Waals surface area contributed by atoms with Crippen LogP contribution in [0.5, 0.6) is 5.75 Å². The summed E-state index contributed by atoms with van der Waals surface area (Å²) in [4.78, 5) is 14.6. The van der Waals surface area contributed by atoms with Crippen LogP contribution in [0.2, 0.25) is 0 Å². The minimum Gasteiger partial charge on any atom is -0.484 e. The molecule has 0 aromatic heterocycles. The number of carbonyl (C=O) groups is 1. The van der Waals surface area contributed by atoms with Crippen molar-refractivity contribution in [2.45, 2.75) is 57.5 Å². The van der Waals surface area contributed by atoms with Crippen LogP contribution in [0.15, 0.2) is 24.3 Å². The third-order valence-corrected chi connectivity index (χ3v) is 4.33. The van der Waals surface area contributed by atoms with E-state index in [9.17, 15) is 4.79 Å². The molecule has 2 aliphatic carbocycles. The van der Waals surface area contributed by atoms with Crippen molar-refractivity contribution in [1.29, 1.82) is 0 Å². The summed E-state index contributed by atoms with van der Waals surface area (Å²) < 4.78 is 5.65. The summed E-state index contributed by atoms with van der Waals surface area (Å²) in [5.41, 5.74) is 1.20. The van der Waals surface area contributed by atoms with E-state index in [0.717, 1.165) is 5.75 Å². The topological polar surface area (TPSA) is 29.5 Å². The van der Waals surface area contributed by atoms with Crippen LogP contribution < -0.4 is 4.74 Å². The van der Waals surface area contributed by atoms with E-state index >= 15 is 0 Å². The van der Waals surface area contributed by atoms with Gasteiger partial charge in [-0.05, 0) is 44.7 Å². The summed E-state index contributed by atoms with van der Waals surface area (Å²) in [6.07, 6.45) is 7.22. The van der Waals surface area contributed by atoms with Crippen molar-refractivity contribution in [3.8, 4) is 5.75 Å². The Hall–Kier alpha value is -1.51. The lowest BCUT2D eigenvalue weighted by atomic mass is 10.2.